The molecule has 5 aliphatic heterocycles. The van der Waals surface area contributed by atoms with Crippen LogP contribution in [0.3, 0.4) is 0 Å². The number of benzene rings is 8. The molecule has 37 unspecified atom stereocenters. The lowest BCUT2D eigenvalue weighted by Gasteiger charge is -2.61. The third kappa shape index (κ3) is 17.1. The summed E-state index contributed by atoms with van der Waals surface area (Å²) in [6, 6.07) is 83.0. The number of hydrogen-bond donors (Lipinski definition) is 8. The molecule has 15 aliphatic rings. The van der Waals surface area contributed by atoms with Gasteiger partial charge < -0.3 is 37.9 Å². The molecule has 738 valence electrons. The Morgan fingerprint density at radius 1 is 0.196 bits per heavy atom. The molecule has 0 spiro atoms. The van der Waals surface area contributed by atoms with Crippen molar-refractivity contribution in [3.63, 3.8) is 0 Å². The second kappa shape index (κ2) is 42.8. The maximum atomic E-state index is 8.34. The van der Waals surface area contributed by atoms with E-state index in [0.29, 0.717) is 52.9 Å². The zero-order valence-corrected chi connectivity index (χ0v) is 84.2. The average molecular weight is 1870 g/mol. The minimum atomic E-state index is -0.334. The summed E-state index contributed by atoms with van der Waals surface area (Å²) in [6.45, 7) is 29.2. The molecule has 5 saturated heterocycles. The molecule has 23 rings (SSSR count). The summed E-state index contributed by atoms with van der Waals surface area (Å²) in [5.74, 6) is 0.138. The van der Waals surface area contributed by atoms with Gasteiger partial charge in [0.05, 0.1) is 98.2 Å². The highest BCUT2D eigenvalue weighted by atomic mass is 16.5. The van der Waals surface area contributed by atoms with Crippen LogP contribution in [0.4, 0.5) is 0 Å². The van der Waals surface area contributed by atoms with Gasteiger partial charge in [0.15, 0.2) is 0 Å². The van der Waals surface area contributed by atoms with Crippen molar-refractivity contribution in [1.82, 2.24) is 42.5 Å². The highest BCUT2D eigenvalue weighted by Crippen LogP contribution is 2.69. The molecule has 16 heteroatoms. The van der Waals surface area contributed by atoms with Crippen LogP contribution in [0.1, 0.15) is 286 Å². The fourth-order valence-corrected chi connectivity index (χ4v) is 32.1. The second-order valence-corrected chi connectivity index (χ2v) is 44.6. The van der Waals surface area contributed by atoms with E-state index in [1.54, 1.807) is 0 Å². The molecule has 16 nitrogen and oxygen atoms in total. The average Bonchev–Trinajstić information content (AvgIpc) is 1.19. The zero-order valence-electron chi connectivity index (χ0n) is 84.2. The molecule has 37 atom stereocenters. The maximum absolute atomic E-state index is 8.34. The number of unbranched alkanes of at least 4 members (excludes halogenated alkanes) is 8. The molecule has 0 amide bonds. The van der Waals surface area contributed by atoms with E-state index in [4.69, 9.17) is 80.4 Å². The SMILES string of the molecule is CCCCOC1C2Cc3ccccc3C(c3ccccc3)C2C(OCCCC)C2C3NC(NC4NC(NC5NC(NC6NC(N3)C3C(OCCCC)C7C8c9ccccc9C(c9ccccc98)C7C(OCCCC)C63)C3C(OCCCC)C6C(C)c7ccccc7C(c7ccccc7)C6C(OCCCC)C53)C3C(OCCCC)C5C(c6ccccc6)c6ccccc6C(C)C5C(OCCCC)C43)C12. The van der Waals surface area contributed by atoms with Crippen LogP contribution >= 0.6 is 0 Å². The van der Waals surface area contributed by atoms with Crippen LogP contribution in [-0.4, -0.2) is 151 Å². The minimum Gasteiger partial charge on any atom is -0.377 e. The number of ether oxygens (including phenoxy) is 8. The molecule has 4 saturated carbocycles. The summed E-state index contributed by atoms with van der Waals surface area (Å²) in [6.07, 6.45) is 12.6. The van der Waals surface area contributed by atoms with Gasteiger partial charge in [-0.15, -0.1) is 0 Å². The molecule has 138 heavy (non-hydrogen) atoms. The van der Waals surface area contributed by atoms with E-state index in [9.17, 15) is 0 Å². The van der Waals surface area contributed by atoms with Gasteiger partial charge in [-0.1, -0.05) is 333 Å². The summed E-state index contributed by atoms with van der Waals surface area (Å²) < 4.78 is 66.4. The Morgan fingerprint density at radius 3 is 0.659 bits per heavy atom. The number of hydrogen-bond acceptors (Lipinski definition) is 16. The fourth-order valence-electron chi connectivity index (χ4n) is 32.1. The lowest BCUT2D eigenvalue weighted by atomic mass is 9.46. The Balaban J connectivity index is 0.802. The molecule has 0 aromatic heterocycles. The van der Waals surface area contributed by atoms with E-state index in [2.05, 4.69) is 282 Å². The maximum Gasteiger partial charge on any atom is 0.0676 e. The molecular formula is C122H162N8O8. The van der Waals surface area contributed by atoms with Crippen LogP contribution in [0.25, 0.3) is 0 Å². The van der Waals surface area contributed by atoms with Crippen molar-refractivity contribution in [2.45, 2.75) is 318 Å². The third-order valence-electron chi connectivity index (χ3n) is 37.5. The Labute approximate surface area is 825 Å². The van der Waals surface area contributed by atoms with Gasteiger partial charge in [0.25, 0.3) is 0 Å². The van der Waals surface area contributed by atoms with E-state index in [-0.39, 0.29) is 234 Å². The van der Waals surface area contributed by atoms with Crippen LogP contribution in [0.15, 0.2) is 212 Å². The molecule has 10 aliphatic carbocycles. The first-order chi connectivity index (χ1) is 68.1. The monoisotopic (exact) mass is 1870 g/mol. The van der Waals surface area contributed by atoms with Crippen molar-refractivity contribution < 1.29 is 37.9 Å². The Bertz CT molecular complexity index is 5220. The molecule has 10 bridgehead atoms. The van der Waals surface area contributed by atoms with Crippen LogP contribution in [-0.2, 0) is 44.3 Å². The van der Waals surface area contributed by atoms with Crippen LogP contribution in [0.5, 0.6) is 0 Å². The summed E-state index contributed by atoms with van der Waals surface area (Å²) in [7, 11) is 0. The standard InChI is InChI=1S/C122H162N8O8/c1-11-19-62-131-107-86-70-76-52-36-37-55-79(76)89(73-46-30-27-31-47-73)94(86)110(134-65-22-14-4)100-99(107)115-123-116(100)125-121-105-106(114(138-69-26-18-8)98-93-84-60-44-42-58-82(84)92(83-59-43-45-61-85(83)93)97(98)113(105)137-68-25-17-7)122(130-121)128-118-102-104(112(136-67-24-16-6)96-88(109(102)133-64-21-13-3)72(10)78-54-39-41-57-81(78)91(96)75-50-34-29-35-51-75)120(127-118)129-119-103-101(117(124-115)126-119)108(132-63-20-12-2)87-71(9)77-53-38-40-56-80(77)90(74-48-32-28-33-49-74)95(87)111(103)135-66-23-15-5/h27-61,71-72,86-130H,11-26,62-70H2,1-10H3. The summed E-state index contributed by atoms with van der Waals surface area (Å²) in [5, 5.41) is 39.3. The molecule has 8 aromatic carbocycles. The van der Waals surface area contributed by atoms with Crippen molar-refractivity contribution in [3.8, 4) is 0 Å². The molecule has 8 aromatic rings. The topological polar surface area (TPSA) is 170 Å². The second-order valence-electron chi connectivity index (χ2n) is 44.6. The summed E-state index contributed by atoms with van der Waals surface area (Å²) in [4.78, 5) is 0. The van der Waals surface area contributed by atoms with Crippen molar-refractivity contribution >= 4 is 0 Å². The van der Waals surface area contributed by atoms with Crippen LogP contribution in [0, 0.1) is 94.7 Å². The van der Waals surface area contributed by atoms with Gasteiger partial charge in [-0.05, 0) is 160 Å². The largest absolute Gasteiger partial charge is 0.377 e. The van der Waals surface area contributed by atoms with Gasteiger partial charge in [-0.25, -0.2) is 0 Å². The van der Waals surface area contributed by atoms with Crippen LogP contribution < -0.4 is 42.5 Å². The molecule has 5 heterocycles. The molecular weight excluding hydrogens is 1710 g/mol. The molecule has 0 radical (unpaired) electrons. The quantitative estimate of drug-likeness (QED) is 0.0176. The summed E-state index contributed by atoms with van der Waals surface area (Å²) in [5.41, 5.74) is 18.5. The van der Waals surface area contributed by atoms with E-state index in [1.807, 2.05) is 0 Å². The highest BCUT2D eigenvalue weighted by Gasteiger charge is 2.73. The van der Waals surface area contributed by atoms with Gasteiger partial charge in [0.2, 0.25) is 0 Å². The smallest absolute Gasteiger partial charge is 0.0676 e. The number of rotatable bonds is 35. The fraction of sp³-hybridized carbons (Fsp3) is 0.607. The van der Waals surface area contributed by atoms with Gasteiger partial charge in [0, 0.05) is 159 Å². The Morgan fingerprint density at radius 2 is 0.391 bits per heavy atom. The van der Waals surface area contributed by atoms with E-state index < -0.39 is 0 Å². The predicted molar refractivity (Wildman–Crippen MR) is 550 cm³/mol. The highest BCUT2D eigenvalue weighted by molar-refractivity contribution is 5.58. The Hall–Kier alpha value is -6.88. The molecule has 8 N–H and O–H groups in total. The first-order valence-electron chi connectivity index (χ1n) is 55.7. The zero-order chi connectivity index (χ0) is 93.8. The Kier molecular flexibility index (Phi) is 29.8. The lowest BCUT2D eigenvalue weighted by Crippen LogP contribution is -2.66. The third-order valence-corrected chi connectivity index (χ3v) is 37.5. The van der Waals surface area contributed by atoms with E-state index >= 15 is 0 Å². The van der Waals surface area contributed by atoms with Gasteiger partial charge in [-0.2, -0.15) is 0 Å². The lowest BCUT2D eigenvalue weighted by molar-refractivity contribution is -0.183. The van der Waals surface area contributed by atoms with Crippen LogP contribution in [0.2, 0.25) is 0 Å². The number of nitrogens with one attached hydrogen (secondary N) is 8. The van der Waals surface area contributed by atoms with Crippen molar-refractivity contribution in [1.29, 1.82) is 0 Å². The first kappa shape index (κ1) is 95.9. The van der Waals surface area contributed by atoms with Crippen molar-refractivity contribution in [2.24, 2.45) is 94.7 Å². The van der Waals surface area contributed by atoms with Gasteiger partial charge in [-0.3, -0.25) is 42.5 Å². The normalized spacial score (nSPS) is 38.8. The minimum absolute atomic E-state index is 0.0239. The van der Waals surface area contributed by atoms with Gasteiger partial charge in [0.1, 0.15) is 0 Å². The van der Waals surface area contributed by atoms with Gasteiger partial charge >= 0.3 is 0 Å². The number of fused-ring (bicyclic) bond motifs is 26. The van der Waals surface area contributed by atoms with Crippen molar-refractivity contribution in [3.05, 3.63) is 285 Å². The predicted octanol–water partition coefficient (Wildman–Crippen LogP) is 21.4. The van der Waals surface area contributed by atoms with E-state index in [1.165, 1.54) is 72.3 Å². The van der Waals surface area contributed by atoms with E-state index in [0.717, 1.165) is 109 Å². The van der Waals surface area contributed by atoms with Crippen molar-refractivity contribution in [2.75, 3.05) is 52.9 Å². The first-order valence-corrected chi connectivity index (χ1v) is 55.7. The summed E-state index contributed by atoms with van der Waals surface area (Å²) >= 11 is 0. The molecule has 9 fully saturated rings.